The molecule has 0 aliphatic rings. The largest absolute Gasteiger partial charge is 0.361 e. The summed E-state index contributed by atoms with van der Waals surface area (Å²) in [7, 11) is 0. The van der Waals surface area contributed by atoms with Gasteiger partial charge in [0.15, 0.2) is 5.13 Å². The third-order valence-electron chi connectivity index (χ3n) is 2.36. The lowest BCUT2D eigenvalue weighted by Crippen LogP contribution is -2.07. The highest BCUT2D eigenvalue weighted by Crippen LogP contribution is 2.32. The van der Waals surface area contributed by atoms with E-state index in [1.165, 1.54) is 17.4 Å². The Labute approximate surface area is 118 Å². The van der Waals surface area contributed by atoms with Crippen molar-refractivity contribution in [1.82, 2.24) is 4.98 Å². The van der Waals surface area contributed by atoms with Crippen LogP contribution < -0.4 is 5.32 Å². The summed E-state index contributed by atoms with van der Waals surface area (Å²) in [5.41, 5.74) is 0.591. The topological polar surface area (TPSA) is 24.9 Å². The Hall–Kier alpha value is -0.940. The van der Waals surface area contributed by atoms with Gasteiger partial charge in [0.05, 0.1) is 4.88 Å². The van der Waals surface area contributed by atoms with Crippen molar-refractivity contribution < 1.29 is 4.39 Å². The molecule has 2 nitrogen and oxygen atoms in total. The van der Waals surface area contributed by atoms with E-state index in [0.29, 0.717) is 11.5 Å². The van der Waals surface area contributed by atoms with Crippen molar-refractivity contribution in [3.63, 3.8) is 0 Å². The summed E-state index contributed by atoms with van der Waals surface area (Å²) in [5.74, 6) is 0.324. The maximum Gasteiger partial charge on any atom is 0.183 e. The van der Waals surface area contributed by atoms with E-state index in [1.807, 2.05) is 6.07 Å². The second-order valence-corrected chi connectivity index (χ2v) is 6.37. The average Bonchev–Trinajstić information content (AvgIpc) is 2.75. The second kappa shape index (κ2) is 5.80. The van der Waals surface area contributed by atoms with Gasteiger partial charge in [-0.05, 0) is 24.1 Å². The van der Waals surface area contributed by atoms with Gasteiger partial charge in [0, 0.05) is 22.8 Å². The van der Waals surface area contributed by atoms with E-state index in [1.54, 1.807) is 12.3 Å². The number of hydrogen-bond donors (Lipinski definition) is 1. The van der Waals surface area contributed by atoms with Gasteiger partial charge in [-0.15, -0.1) is 0 Å². The quantitative estimate of drug-likeness (QED) is 0.873. The molecule has 0 unspecified atom stereocenters. The van der Waals surface area contributed by atoms with Crippen molar-refractivity contribution in [3.05, 3.63) is 34.7 Å². The van der Waals surface area contributed by atoms with Crippen LogP contribution in [0.15, 0.2) is 28.9 Å². The summed E-state index contributed by atoms with van der Waals surface area (Å²) in [6.45, 7) is 5.14. The maximum absolute atomic E-state index is 13.8. The van der Waals surface area contributed by atoms with Crippen LogP contribution in [0.2, 0.25) is 0 Å². The SMILES string of the molecule is CC(C)CNc1ncc(-c2ccc(Br)cc2F)s1. The zero-order chi connectivity index (χ0) is 13.1. The third kappa shape index (κ3) is 3.29. The van der Waals surface area contributed by atoms with E-state index in [-0.39, 0.29) is 5.82 Å². The van der Waals surface area contributed by atoms with Crippen LogP contribution in [0.4, 0.5) is 9.52 Å². The van der Waals surface area contributed by atoms with Crippen molar-refractivity contribution in [2.45, 2.75) is 13.8 Å². The minimum Gasteiger partial charge on any atom is -0.361 e. The molecule has 0 fully saturated rings. The molecule has 2 rings (SSSR count). The van der Waals surface area contributed by atoms with Gasteiger partial charge < -0.3 is 5.32 Å². The molecule has 0 spiro atoms. The fourth-order valence-electron chi connectivity index (χ4n) is 1.46. The lowest BCUT2D eigenvalue weighted by Gasteiger charge is -2.04. The average molecular weight is 329 g/mol. The maximum atomic E-state index is 13.8. The number of hydrogen-bond acceptors (Lipinski definition) is 3. The first-order chi connectivity index (χ1) is 8.56. The van der Waals surface area contributed by atoms with Crippen LogP contribution in [0.1, 0.15) is 13.8 Å². The minimum atomic E-state index is -0.233. The van der Waals surface area contributed by atoms with E-state index in [2.05, 4.69) is 40.1 Å². The van der Waals surface area contributed by atoms with E-state index in [9.17, 15) is 4.39 Å². The molecule has 5 heteroatoms. The number of thiazole rings is 1. The Morgan fingerprint density at radius 1 is 1.44 bits per heavy atom. The highest BCUT2D eigenvalue weighted by molar-refractivity contribution is 9.10. The van der Waals surface area contributed by atoms with Crippen LogP contribution in [0, 0.1) is 11.7 Å². The monoisotopic (exact) mass is 328 g/mol. The molecule has 1 N–H and O–H groups in total. The minimum absolute atomic E-state index is 0.233. The van der Waals surface area contributed by atoms with Crippen LogP contribution in [-0.2, 0) is 0 Å². The van der Waals surface area contributed by atoms with Crippen molar-refractivity contribution in [2.24, 2.45) is 5.92 Å². The molecule has 0 aliphatic heterocycles. The van der Waals surface area contributed by atoms with Gasteiger partial charge in [-0.25, -0.2) is 9.37 Å². The Kier molecular flexibility index (Phi) is 4.35. The smallest absolute Gasteiger partial charge is 0.183 e. The standard InChI is InChI=1S/C13H14BrFN2S/c1-8(2)6-16-13-17-7-12(18-13)10-4-3-9(14)5-11(10)15/h3-5,7-8H,6H2,1-2H3,(H,16,17). The molecule has 0 saturated carbocycles. The van der Waals surface area contributed by atoms with Crippen molar-refractivity contribution >= 4 is 32.4 Å². The van der Waals surface area contributed by atoms with Crippen LogP contribution in [0.25, 0.3) is 10.4 Å². The zero-order valence-corrected chi connectivity index (χ0v) is 12.6. The predicted molar refractivity (Wildman–Crippen MR) is 78.5 cm³/mol. The molecule has 0 radical (unpaired) electrons. The van der Waals surface area contributed by atoms with Crippen LogP contribution >= 0.6 is 27.3 Å². The van der Waals surface area contributed by atoms with Crippen LogP contribution in [-0.4, -0.2) is 11.5 Å². The van der Waals surface area contributed by atoms with Crippen molar-refractivity contribution in [3.8, 4) is 10.4 Å². The van der Waals surface area contributed by atoms with Gasteiger partial charge in [0.1, 0.15) is 5.82 Å². The van der Waals surface area contributed by atoms with E-state index in [0.717, 1.165) is 21.0 Å². The zero-order valence-electron chi connectivity index (χ0n) is 10.2. The van der Waals surface area contributed by atoms with Crippen molar-refractivity contribution in [1.29, 1.82) is 0 Å². The Morgan fingerprint density at radius 2 is 2.22 bits per heavy atom. The first-order valence-electron chi connectivity index (χ1n) is 5.71. The molecule has 0 amide bonds. The number of anilines is 1. The Balaban J connectivity index is 2.18. The fourth-order valence-corrected chi connectivity index (χ4v) is 2.64. The van der Waals surface area contributed by atoms with Crippen molar-refractivity contribution in [2.75, 3.05) is 11.9 Å². The van der Waals surface area contributed by atoms with E-state index in [4.69, 9.17) is 0 Å². The van der Waals surface area contributed by atoms with Gasteiger partial charge in [-0.2, -0.15) is 0 Å². The summed E-state index contributed by atoms with van der Waals surface area (Å²) in [4.78, 5) is 5.10. The summed E-state index contributed by atoms with van der Waals surface area (Å²) < 4.78 is 14.5. The van der Waals surface area contributed by atoms with Gasteiger partial charge in [-0.1, -0.05) is 41.1 Å². The molecule has 0 saturated heterocycles. The summed E-state index contributed by atoms with van der Waals surface area (Å²) in [6.07, 6.45) is 1.71. The second-order valence-electron chi connectivity index (χ2n) is 4.43. The van der Waals surface area contributed by atoms with Crippen LogP contribution in [0.3, 0.4) is 0 Å². The first-order valence-corrected chi connectivity index (χ1v) is 7.32. The summed E-state index contributed by atoms with van der Waals surface area (Å²) in [5, 5.41) is 4.08. The molecule has 1 heterocycles. The third-order valence-corrected chi connectivity index (χ3v) is 3.85. The normalized spacial score (nSPS) is 10.9. The number of benzene rings is 1. The molecule has 1 aromatic carbocycles. The number of rotatable bonds is 4. The molecule has 96 valence electrons. The van der Waals surface area contributed by atoms with Crippen LogP contribution in [0.5, 0.6) is 0 Å². The van der Waals surface area contributed by atoms with E-state index < -0.39 is 0 Å². The number of nitrogens with one attached hydrogen (secondary N) is 1. The highest BCUT2D eigenvalue weighted by atomic mass is 79.9. The molecular formula is C13H14BrFN2S. The lowest BCUT2D eigenvalue weighted by molar-refractivity contribution is 0.631. The van der Waals surface area contributed by atoms with Gasteiger partial charge in [-0.3, -0.25) is 0 Å². The Morgan fingerprint density at radius 3 is 2.89 bits per heavy atom. The molecule has 2 aromatic rings. The van der Waals surface area contributed by atoms with Gasteiger partial charge in [0.2, 0.25) is 0 Å². The predicted octanol–water partition coefficient (Wildman–Crippen LogP) is 4.78. The molecular weight excluding hydrogens is 315 g/mol. The number of aromatic nitrogens is 1. The molecule has 18 heavy (non-hydrogen) atoms. The lowest BCUT2D eigenvalue weighted by atomic mass is 10.2. The molecule has 0 atom stereocenters. The molecule has 0 aliphatic carbocycles. The molecule has 1 aromatic heterocycles. The summed E-state index contributed by atoms with van der Waals surface area (Å²) in [6, 6.07) is 5.06. The summed E-state index contributed by atoms with van der Waals surface area (Å²) >= 11 is 4.72. The highest BCUT2D eigenvalue weighted by Gasteiger charge is 2.09. The Bertz CT molecular complexity index is 540. The number of nitrogens with zero attached hydrogens (tertiary/aromatic N) is 1. The first kappa shape index (κ1) is 13.5. The fraction of sp³-hybridized carbons (Fsp3) is 0.308. The van der Waals surface area contributed by atoms with E-state index >= 15 is 0 Å². The number of halogens is 2. The van der Waals surface area contributed by atoms with Gasteiger partial charge in [0.25, 0.3) is 0 Å². The molecule has 0 bridgehead atoms. The van der Waals surface area contributed by atoms with Gasteiger partial charge >= 0.3 is 0 Å².